The van der Waals surface area contributed by atoms with Crippen LogP contribution in [0.15, 0.2) is 71.6 Å². The number of ether oxygens (including phenoxy) is 2. The molecular weight excluding hydrogens is 539 g/mol. The first-order valence-electron chi connectivity index (χ1n) is 10.7. The average Bonchev–Trinajstić information content (AvgIpc) is 3.10. The molecule has 2 amide bonds. The molecule has 0 unspecified atom stereocenters. The predicted molar refractivity (Wildman–Crippen MR) is 149 cm³/mol. The quantitative estimate of drug-likeness (QED) is 0.254. The van der Waals surface area contributed by atoms with E-state index >= 15 is 0 Å². The molecule has 0 saturated carbocycles. The number of anilines is 1. The summed E-state index contributed by atoms with van der Waals surface area (Å²) in [4.78, 5) is 27.4. The highest BCUT2D eigenvalue weighted by Gasteiger charge is 2.32. The lowest BCUT2D eigenvalue weighted by Gasteiger charge is -2.14. The maximum atomic E-state index is 12.9. The summed E-state index contributed by atoms with van der Waals surface area (Å²) in [6.07, 6.45) is 1.76. The topological polar surface area (TPSA) is 67.9 Å². The van der Waals surface area contributed by atoms with Crippen LogP contribution < -0.4 is 14.8 Å². The lowest BCUT2D eigenvalue weighted by Crippen LogP contribution is -2.27. The molecule has 1 aliphatic heterocycles. The molecule has 0 radical (unpaired) electrons. The number of thioether (sulfide) groups is 1. The van der Waals surface area contributed by atoms with E-state index in [2.05, 4.69) is 5.32 Å². The number of nitrogens with zero attached hydrogens (tertiary/aromatic N) is 1. The number of hydrogen-bond donors (Lipinski definition) is 1. The van der Waals surface area contributed by atoms with Gasteiger partial charge in [0.25, 0.3) is 11.8 Å². The van der Waals surface area contributed by atoms with Gasteiger partial charge in [0.15, 0.2) is 18.1 Å². The highest BCUT2D eigenvalue weighted by atomic mass is 35.5. The number of rotatable bonds is 8. The van der Waals surface area contributed by atoms with Crippen LogP contribution in [-0.4, -0.2) is 34.8 Å². The van der Waals surface area contributed by atoms with Gasteiger partial charge in [-0.1, -0.05) is 83.6 Å². The van der Waals surface area contributed by atoms with Gasteiger partial charge in [-0.2, -0.15) is 0 Å². The van der Waals surface area contributed by atoms with Gasteiger partial charge in [0.1, 0.15) is 4.32 Å². The van der Waals surface area contributed by atoms with Crippen LogP contribution in [0.5, 0.6) is 11.5 Å². The number of amides is 2. The Hall–Kier alpha value is -3.04. The standard InChI is InChI=1S/C26H20Cl2N2O4S2/c1-33-22-9-17(10-23-25(32)30(26(35)36-23)14-16-5-3-2-4-6-16)7-8-21(22)34-15-24(31)29-20-12-18(27)11-19(28)13-20/h2-13H,14-15H2,1H3,(H,29,31)/b23-10-. The Balaban J connectivity index is 1.41. The number of hydrogen-bond acceptors (Lipinski definition) is 6. The van der Waals surface area contributed by atoms with Gasteiger partial charge in [0, 0.05) is 15.7 Å². The van der Waals surface area contributed by atoms with Crippen molar-refractivity contribution in [3.8, 4) is 11.5 Å². The van der Waals surface area contributed by atoms with Crippen LogP contribution in [-0.2, 0) is 16.1 Å². The summed E-state index contributed by atoms with van der Waals surface area (Å²) in [5, 5.41) is 3.50. The van der Waals surface area contributed by atoms with Crippen molar-refractivity contribution in [2.24, 2.45) is 0 Å². The van der Waals surface area contributed by atoms with E-state index in [1.165, 1.54) is 18.9 Å². The minimum atomic E-state index is -0.387. The van der Waals surface area contributed by atoms with E-state index in [0.717, 1.165) is 11.1 Å². The molecule has 3 aromatic rings. The van der Waals surface area contributed by atoms with E-state index in [9.17, 15) is 9.59 Å². The van der Waals surface area contributed by atoms with Gasteiger partial charge in [0.05, 0.1) is 18.6 Å². The van der Waals surface area contributed by atoms with Crippen molar-refractivity contribution in [1.29, 1.82) is 0 Å². The highest BCUT2D eigenvalue weighted by Crippen LogP contribution is 2.35. The molecule has 4 rings (SSSR count). The molecule has 3 aromatic carbocycles. The van der Waals surface area contributed by atoms with Gasteiger partial charge in [-0.3, -0.25) is 14.5 Å². The Bertz CT molecular complexity index is 1330. The summed E-state index contributed by atoms with van der Waals surface area (Å²) in [5.41, 5.74) is 2.20. The summed E-state index contributed by atoms with van der Waals surface area (Å²) in [6.45, 7) is 0.167. The smallest absolute Gasteiger partial charge is 0.266 e. The number of carbonyl (C=O) groups is 2. The van der Waals surface area contributed by atoms with Crippen molar-refractivity contribution in [1.82, 2.24) is 4.90 Å². The molecule has 184 valence electrons. The van der Waals surface area contributed by atoms with E-state index < -0.39 is 0 Å². The van der Waals surface area contributed by atoms with Crippen LogP contribution in [0.3, 0.4) is 0 Å². The minimum Gasteiger partial charge on any atom is -0.493 e. The third-order valence-electron chi connectivity index (χ3n) is 5.05. The second-order valence-corrected chi connectivity index (χ2v) is 10.2. The first kappa shape index (κ1) is 26.0. The number of carbonyl (C=O) groups excluding carboxylic acids is 2. The van der Waals surface area contributed by atoms with Crippen molar-refractivity contribution in [3.05, 3.63) is 92.8 Å². The minimum absolute atomic E-state index is 0.147. The molecule has 0 spiro atoms. The van der Waals surface area contributed by atoms with Crippen molar-refractivity contribution >= 4 is 75.1 Å². The van der Waals surface area contributed by atoms with E-state index in [0.29, 0.717) is 43.0 Å². The first-order chi connectivity index (χ1) is 17.3. The molecule has 6 nitrogen and oxygen atoms in total. The normalized spacial score (nSPS) is 14.3. The lowest BCUT2D eigenvalue weighted by molar-refractivity contribution is -0.122. The summed E-state index contributed by atoms with van der Waals surface area (Å²) >= 11 is 18.6. The summed E-state index contributed by atoms with van der Waals surface area (Å²) < 4.78 is 11.6. The summed E-state index contributed by atoms with van der Waals surface area (Å²) in [5.74, 6) is 0.264. The Morgan fingerprint density at radius 3 is 2.47 bits per heavy atom. The van der Waals surface area contributed by atoms with Crippen molar-refractivity contribution in [2.75, 3.05) is 19.0 Å². The molecule has 0 bridgehead atoms. The summed E-state index contributed by atoms with van der Waals surface area (Å²) in [7, 11) is 1.50. The fourth-order valence-corrected chi connectivity index (χ4v) is 5.19. The SMILES string of the molecule is COc1cc(/C=C2\SC(=S)N(Cc3ccccc3)C2=O)ccc1OCC(=O)Nc1cc(Cl)cc(Cl)c1. The number of methoxy groups -OCH3 is 1. The zero-order chi connectivity index (χ0) is 25.7. The molecule has 10 heteroatoms. The van der Waals surface area contributed by atoms with E-state index in [1.54, 1.807) is 47.4 Å². The van der Waals surface area contributed by atoms with E-state index in [-0.39, 0.29) is 18.4 Å². The van der Waals surface area contributed by atoms with Crippen molar-refractivity contribution in [3.63, 3.8) is 0 Å². The molecule has 0 aromatic heterocycles. The molecule has 0 aliphatic carbocycles. The predicted octanol–water partition coefficient (Wildman–Crippen LogP) is 6.42. The van der Waals surface area contributed by atoms with Gasteiger partial charge >= 0.3 is 0 Å². The van der Waals surface area contributed by atoms with Crippen LogP contribution in [0.4, 0.5) is 5.69 Å². The number of benzene rings is 3. The second-order valence-electron chi connectivity index (χ2n) is 7.66. The lowest BCUT2D eigenvalue weighted by atomic mass is 10.1. The maximum Gasteiger partial charge on any atom is 0.266 e. The van der Waals surface area contributed by atoms with Gasteiger partial charge in [-0.05, 0) is 47.5 Å². The van der Waals surface area contributed by atoms with Crippen LogP contribution in [0.25, 0.3) is 6.08 Å². The van der Waals surface area contributed by atoms with Crippen LogP contribution >= 0.6 is 47.2 Å². The van der Waals surface area contributed by atoms with Gasteiger partial charge in [0.2, 0.25) is 0 Å². The van der Waals surface area contributed by atoms with Crippen molar-refractivity contribution in [2.45, 2.75) is 6.54 Å². The monoisotopic (exact) mass is 558 g/mol. The third-order valence-corrected chi connectivity index (χ3v) is 6.86. The molecule has 1 aliphatic rings. The second kappa shape index (κ2) is 11.8. The molecule has 36 heavy (non-hydrogen) atoms. The fourth-order valence-electron chi connectivity index (χ4n) is 3.41. The number of halogens is 2. The fraction of sp³-hybridized carbons (Fsp3) is 0.115. The zero-order valence-electron chi connectivity index (χ0n) is 19.0. The molecule has 1 saturated heterocycles. The Kier molecular flexibility index (Phi) is 8.53. The zero-order valence-corrected chi connectivity index (χ0v) is 22.1. The van der Waals surface area contributed by atoms with Gasteiger partial charge in [-0.15, -0.1) is 0 Å². The van der Waals surface area contributed by atoms with Gasteiger partial charge < -0.3 is 14.8 Å². The van der Waals surface area contributed by atoms with Crippen molar-refractivity contribution < 1.29 is 19.1 Å². The van der Waals surface area contributed by atoms with Crippen LogP contribution in [0.1, 0.15) is 11.1 Å². The maximum absolute atomic E-state index is 12.9. The molecule has 1 fully saturated rings. The average molecular weight is 559 g/mol. The van der Waals surface area contributed by atoms with Crippen LogP contribution in [0, 0.1) is 0 Å². The Labute approximate surface area is 228 Å². The van der Waals surface area contributed by atoms with Crippen LogP contribution in [0.2, 0.25) is 10.0 Å². The molecular formula is C26H20Cl2N2O4S2. The summed E-state index contributed by atoms with van der Waals surface area (Å²) in [6, 6.07) is 19.6. The Morgan fingerprint density at radius 1 is 1.06 bits per heavy atom. The van der Waals surface area contributed by atoms with E-state index in [4.69, 9.17) is 44.9 Å². The molecule has 1 heterocycles. The third kappa shape index (κ3) is 6.59. The number of nitrogens with one attached hydrogen (secondary N) is 1. The van der Waals surface area contributed by atoms with Gasteiger partial charge in [-0.25, -0.2) is 0 Å². The highest BCUT2D eigenvalue weighted by molar-refractivity contribution is 8.26. The number of thiocarbonyl (C=S) groups is 1. The molecule has 0 atom stereocenters. The Morgan fingerprint density at radius 2 is 1.78 bits per heavy atom. The largest absolute Gasteiger partial charge is 0.493 e. The first-order valence-corrected chi connectivity index (χ1v) is 12.7. The molecule has 1 N–H and O–H groups in total. The van der Waals surface area contributed by atoms with E-state index in [1.807, 2.05) is 30.3 Å².